The first-order chi connectivity index (χ1) is 14.1. The van der Waals surface area contributed by atoms with Crippen LogP contribution >= 0.6 is 11.6 Å². The van der Waals surface area contributed by atoms with Gasteiger partial charge in [0.25, 0.3) is 0 Å². The fourth-order valence-corrected chi connectivity index (χ4v) is 3.80. The van der Waals surface area contributed by atoms with Gasteiger partial charge in [0.15, 0.2) is 0 Å². The second-order valence-electron chi connectivity index (χ2n) is 7.15. The SMILES string of the molecule is Cc1nccn1-c1cc(N2CCC(C(=O)NCc3ccccc3Cl)CC2)ncn1. The van der Waals surface area contributed by atoms with Crippen LogP contribution in [0.5, 0.6) is 0 Å². The lowest BCUT2D eigenvalue weighted by Crippen LogP contribution is -2.40. The second-order valence-corrected chi connectivity index (χ2v) is 7.56. The highest BCUT2D eigenvalue weighted by Crippen LogP contribution is 2.23. The van der Waals surface area contributed by atoms with Gasteiger partial charge in [-0.15, -0.1) is 0 Å². The number of imidazole rings is 1. The summed E-state index contributed by atoms with van der Waals surface area (Å²) in [7, 11) is 0. The number of hydrogen-bond acceptors (Lipinski definition) is 5. The van der Waals surface area contributed by atoms with Gasteiger partial charge in [-0.3, -0.25) is 9.36 Å². The maximum absolute atomic E-state index is 12.6. The van der Waals surface area contributed by atoms with Crippen LogP contribution in [0.25, 0.3) is 5.82 Å². The standard InChI is InChI=1S/C21H23ClN6O/c1-15-23-8-11-28(15)20-12-19(25-14-26-20)27-9-6-16(7-10-27)21(29)24-13-17-4-2-3-5-18(17)22/h2-5,8,11-12,14,16H,6-7,9-10,13H2,1H3,(H,24,29). The fourth-order valence-electron chi connectivity index (χ4n) is 3.60. The molecule has 0 spiro atoms. The third kappa shape index (κ3) is 4.40. The van der Waals surface area contributed by atoms with Crippen LogP contribution in [0.4, 0.5) is 5.82 Å². The molecular weight excluding hydrogens is 388 g/mol. The minimum atomic E-state index is 0.00550. The molecule has 2 aromatic heterocycles. The molecular formula is C21H23ClN6O. The molecule has 0 aliphatic carbocycles. The molecule has 1 saturated heterocycles. The van der Waals surface area contributed by atoms with Crippen molar-refractivity contribution in [2.24, 2.45) is 5.92 Å². The molecule has 3 heterocycles. The Labute approximate surface area is 174 Å². The minimum Gasteiger partial charge on any atom is -0.356 e. The van der Waals surface area contributed by atoms with E-state index in [0.717, 1.165) is 49.0 Å². The monoisotopic (exact) mass is 410 g/mol. The molecule has 8 heteroatoms. The highest BCUT2D eigenvalue weighted by atomic mass is 35.5. The van der Waals surface area contributed by atoms with Crippen molar-refractivity contribution in [3.05, 3.63) is 65.5 Å². The molecule has 3 aromatic rings. The number of nitrogens with one attached hydrogen (secondary N) is 1. The summed E-state index contributed by atoms with van der Waals surface area (Å²) < 4.78 is 1.93. The molecule has 29 heavy (non-hydrogen) atoms. The van der Waals surface area contributed by atoms with Crippen LogP contribution in [0.15, 0.2) is 49.1 Å². The number of piperidine rings is 1. The molecule has 4 rings (SSSR count). The molecule has 7 nitrogen and oxygen atoms in total. The van der Waals surface area contributed by atoms with Crippen LogP contribution in [-0.4, -0.2) is 38.5 Å². The quantitative estimate of drug-likeness (QED) is 0.699. The third-order valence-electron chi connectivity index (χ3n) is 5.31. The number of carbonyl (C=O) groups is 1. The van der Waals surface area contributed by atoms with Crippen molar-refractivity contribution >= 4 is 23.3 Å². The lowest BCUT2D eigenvalue weighted by Gasteiger charge is -2.32. The van der Waals surface area contributed by atoms with Gasteiger partial charge in [0.05, 0.1) is 0 Å². The summed E-state index contributed by atoms with van der Waals surface area (Å²) in [6, 6.07) is 9.54. The molecule has 150 valence electrons. The average molecular weight is 411 g/mol. The first-order valence-electron chi connectivity index (χ1n) is 9.70. The second kappa shape index (κ2) is 8.61. The van der Waals surface area contributed by atoms with Gasteiger partial charge in [-0.05, 0) is 31.4 Å². The number of halogens is 1. The Balaban J connectivity index is 1.34. The Morgan fingerprint density at radius 2 is 1.93 bits per heavy atom. The zero-order valence-corrected chi connectivity index (χ0v) is 17.0. The Morgan fingerprint density at radius 3 is 2.66 bits per heavy atom. The Bertz CT molecular complexity index is 996. The van der Waals surface area contributed by atoms with Crippen molar-refractivity contribution in [3.63, 3.8) is 0 Å². The van der Waals surface area contributed by atoms with Crippen LogP contribution in [0.1, 0.15) is 24.2 Å². The summed E-state index contributed by atoms with van der Waals surface area (Å²) in [5, 5.41) is 3.70. The molecule has 1 fully saturated rings. The fraction of sp³-hybridized carbons (Fsp3) is 0.333. The van der Waals surface area contributed by atoms with Crippen LogP contribution in [0.2, 0.25) is 5.02 Å². The van der Waals surface area contributed by atoms with Gasteiger partial charge in [0.1, 0.15) is 23.8 Å². The topological polar surface area (TPSA) is 75.9 Å². The minimum absolute atomic E-state index is 0.00550. The van der Waals surface area contributed by atoms with Gasteiger partial charge in [-0.25, -0.2) is 15.0 Å². The van der Waals surface area contributed by atoms with Gasteiger partial charge in [0.2, 0.25) is 5.91 Å². The zero-order chi connectivity index (χ0) is 20.2. The molecule has 0 saturated carbocycles. The summed E-state index contributed by atoms with van der Waals surface area (Å²) in [6.45, 7) is 3.96. The van der Waals surface area contributed by atoms with Gasteiger partial charge in [0, 0.05) is 49.0 Å². The maximum atomic E-state index is 12.6. The normalized spacial score (nSPS) is 14.8. The maximum Gasteiger partial charge on any atom is 0.223 e. The summed E-state index contributed by atoms with van der Waals surface area (Å²) in [6.07, 6.45) is 6.79. The van der Waals surface area contributed by atoms with Crippen molar-refractivity contribution < 1.29 is 4.79 Å². The number of aromatic nitrogens is 4. The average Bonchev–Trinajstić information content (AvgIpc) is 3.19. The van der Waals surface area contributed by atoms with E-state index in [1.807, 2.05) is 48.0 Å². The van der Waals surface area contributed by atoms with Crippen LogP contribution in [0.3, 0.4) is 0 Å². The van der Waals surface area contributed by atoms with Crippen molar-refractivity contribution in [1.82, 2.24) is 24.8 Å². The lowest BCUT2D eigenvalue weighted by atomic mass is 9.96. The molecule has 0 radical (unpaired) electrons. The number of rotatable bonds is 5. The molecule has 1 aromatic carbocycles. The van der Waals surface area contributed by atoms with Crippen LogP contribution < -0.4 is 10.2 Å². The summed E-state index contributed by atoms with van der Waals surface area (Å²) in [5.41, 5.74) is 0.934. The van der Waals surface area contributed by atoms with Crippen LogP contribution in [0, 0.1) is 12.8 Å². The molecule has 0 bridgehead atoms. The number of amides is 1. The van der Waals surface area contributed by atoms with E-state index in [1.165, 1.54) is 0 Å². The van der Waals surface area contributed by atoms with E-state index in [4.69, 9.17) is 11.6 Å². The van der Waals surface area contributed by atoms with E-state index in [-0.39, 0.29) is 11.8 Å². The highest BCUT2D eigenvalue weighted by Gasteiger charge is 2.25. The van der Waals surface area contributed by atoms with E-state index in [2.05, 4.69) is 25.2 Å². The van der Waals surface area contributed by atoms with E-state index in [9.17, 15) is 4.79 Å². The summed E-state index contributed by atoms with van der Waals surface area (Å²) in [4.78, 5) is 27.8. The van der Waals surface area contributed by atoms with Gasteiger partial charge in [-0.2, -0.15) is 0 Å². The number of carbonyl (C=O) groups excluding carboxylic acids is 1. The largest absolute Gasteiger partial charge is 0.356 e. The molecule has 0 unspecified atom stereocenters. The number of anilines is 1. The summed E-state index contributed by atoms with van der Waals surface area (Å²) in [5.74, 6) is 2.64. The first kappa shape index (κ1) is 19.4. The van der Waals surface area contributed by atoms with Crippen molar-refractivity contribution in [2.45, 2.75) is 26.3 Å². The third-order valence-corrected chi connectivity index (χ3v) is 5.68. The van der Waals surface area contributed by atoms with Gasteiger partial charge >= 0.3 is 0 Å². The number of benzene rings is 1. The molecule has 0 atom stereocenters. The van der Waals surface area contributed by atoms with Gasteiger partial charge in [-0.1, -0.05) is 29.8 Å². The Hall–Kier alpha value is -2.93. The molecule has 1 aliphatic rings. The number of hydrogen-bond donors (Lipinski definition) is 1. The van der Waals surface area contributed by atoms with E-state index < -0.39 is 0 Å². The molecule has 1 N–H and O–H groups in total. The van der Waals surface area contributed by atoms with Crippen molar-refractivity contribution in [1.29, 1.82) is 0 Å². The van der Waals surface area contributed by atoms with Crippen molar-refractivity contribution in [3.8, 4) is 5.82 Å². The van der Waals surface area contributed by atoms with Crippen molar-refractivity contribution in [2.75, 3.05) is 18.0 Å². The molecule has 1 aliphatic heterocycles. The van der Waals surface area contributed by atoms with E-state index in [0.29, 0.717) is 11.6 Å². The summed E-state index contributed by atoms with van der Waals surface area (Å²) >= 11 is 6.16. The van der Waals surface area contributed by atoms with Crippen LogP contribution in [-0.2, 0) is 11.3 Å². The van der Waals surface area contributed by atoms with Gasteiger partial charge < -0.3 is 10.2 Å². The Morgan fingerprint density at radius 1 is 1.17 bits per heavy atom. The number of aryl methyl sites for hydroxylation is 1. The predicted molar refractivity (Wildman–Crippen MR) is 112 cm³/mol. The first-order valence-corrected chi connectivity index (χ1v) is 10.1. The molecule has 1 amide bonds. The van der Waals surface area contributed by atoms with E-state index >= 15 is 0 Å². The predicted octanol–water partition coefficient (Wildman–Crippen LogP) is 3.16. The Kier molecular flexibility index (Phi) is 5.76. The smallest absolute Gasteiger partial charge is 0.223 e. The lowest BCUT2D eigenvalue weighted by molar-refractivity contribution is -0.125. The zero-order valence-electron chi connectivity index (χ0n) is 16.3. The number of nitrogens with zero attached hydrogens (tertiary/aromatic N) is 5. The van der Waals surface area contributed by atoms with E-state index in [1.54, 1.807) is 12.5 Å². The highest BCUT2D eigenvalue weighted by molar-refractivity contribution is 6.31.